The molecule has 1 heterocycles. The topological polar surface area (TPSA) is 71.4 Å². The first kappa shape index (κ1) is 19.6. The van der Waals surface area contributed by atoms with Crippen molar-refractivity contribution in [3.63, 3.8) is 0 Å². The quantitative estimate of drug-likeness (QED) is 0.317. The zero-order valence-corrected chi connectivity index (χ0v) is 16.7. The van der Waals surface area contributed by atoms with E-state index in [4.69, 9.17) is 16.3 Å². The van der Waals surface area contributed by atoms with Gasteiger partial charge in [0.05, 0.1) is 16.8 Å². The van der Waals surface area contributed by atoms with Gasteiger partial charge < -0.3 is 15.5 Å². The van der Waals surface area contributed by atoms with Crippen LogP contribution in [0.2, 0.25) is 5.02 Å². The predicted molar refractivity (Wildman–Crippen MR) is 117 cm³/mol. The van der Waals surface area contributed by atoms with Gasteiger partial charge in [0.1, 0.15) is 29.5 Å². The van der Waals surface area contributed by atoms with E-state index in [-0.39, 0.29) is 5.82 Å². The van der Waals surface area contributed by atoms with E-state index >= 15 is 0 Å². The third-order valence-electron chi connectivity index (χ3n) is 4.22. The minimum Gasteiger partial charge on any atom is -0.456 e. The molecule has 0 unspecified atom stereocenters. The van der Waals surface area contributed by atoms with Crippen molar-refractivity contribution in [3.05, 3.63) is 83.4 Å². The van der Waals surface area contributed by atoms with Crippen LogP contribution in [0, 0.1) is 5.82 Å². The van der Waals surface area contributed by atoms with Gasteiger partial charge in [-0.1, -0.05) is 23.7 Å². The van der Waals surface area contributed by atoms with Crippen LogP contribution in [0.5, 0.6) is 11.5 Å². The first-order valence-corrected chi connectivity index (χ1v) is 9.45. The lowest BCUT2D eigenvalue weighted by Crippen LogP contribution is -1.98. The van der Waals surface area contributed by atoms with Gasteiger partial charge in [0.15, 0.2) is 0 Å². The number of hydrogen-bond acceptors (Lipinski definition) is 6. The molecule has 0 amide bonds. The summed E-state index contributed by atoms with van der Waals surface area (Å²) in [4.78, 5) is 8.66. The molecule has 30 heavy (non-hydrogen) atoms. The Morgan fingerprint density at radius 2 is 1.97 bits per heavy atom. The zero-order valence-electron chi connectivity index (χ0n) is 15.9. The maximum absolute atomic E-state index is 13.4. The summed E-state index contributed by atoms with van der Waals surface area (Å²) in [5, 5.41) is 8.51. The number of halogens is 2. The van der Waals surface area contributed by atoms with E-state index in [9.17, 15) is 4.39 Å². The molecule has 3 aromatic carbocycles. The highest BCUT2D eigenvalue weighted by Crippen LogP contribution is 2.33. The number of benzene rings is 3. The molecule has 150 valence electrons. The van der Waals surface area contributed by atoms with Gasteiger partial charge in [-0.3, -0.25) is 0 Å². The minimum atomic E-state index is -0.378. The molecular formula is C22H17ClFN5O. The van der Waals surface area contributed by atoms with E-state index in [2.05, 4.69) is 25.8 Å². The Hall–Kier alpha value is -3.71. The Labute approximate surface area is 177 Å². The van der Waals surface area contributed by atoms with E-state index in [1.165, 1.54) is 18.5 Å². The summed E-state index contributed by atoms with van der Waals surface area (Å²) in [6.45, 7) is 0. The van der Waals surface area contributed by atoms with Crippen molar-refractivity contribution in [2.24, 2.45) is 5.10 Å². The Balaban J connectivity index is 1.60. The molecule has 1 aromatic heterocycles. The van der Waals surface area contributed by atoms with Crippen LogP contribution >= 0.6 is 11.6 Å². The van der Waals surface area contributed by atoms with E-state index in [1.54, 1.807) is 43.6 Å². The molecule has 0 saturated heterocycles. The summed E-state index contributed by atoms with van der Waals surface area (Å²) in [6.07, 6.45) is 3.21. The summed E-state index contributed by atoms with van der Waals surface area (Å²) in [5.41, 5.74) is 5.16. The van der Waals surface area contributed by atoms with Gasteiger partial charge in [0, 0.05) is 24.2 Å². The molecule has 0 atom stereocenters. The van der Waals surface area contributed by atoms with Crippen LogP contribution < -0.4 is 15.5 Å². The Morgan fingerprint density at radius 1 is 1.07 bits per heavy atom. The number of hydrazone groups is 1. The van der Waals surface area contributed by atoms with E-state index in [1.807, 2.05) is 18.2 Å². The van der Waals surface area contributed by atoms with Gasteiger partial charge in [0.25, 0.3) is 0 Å². The van der Waals surface area contributed by atoms with E-state index in [0.29, 0.717) is 22.3 Å². The van der Waals surface area contributed by atoms with Gasteiger partial charge in [-0.05, 0) is 48.0 Å². The van der Waals surface area contributed by atoms with Crippen molar-refractivity contribution < 1.29 is 9.13 Å². The van der Waals surface area contributed by atoms with Crippen LogP contribution in [0.15, 0.2) is 72.1 Å². The zero-order chi connectivity index (χ0) is 20.9. The van der Waals surface area contributed by atoms with E-state index in [0.717, 1.165) is 22.2 Å². The minimum absolute atomic E-state index is 0.371. The van der Waals surface area contributed by atoms with Crippen molar-refractivity contribution >= 4 is 40.2 Å². The number of rotatable bonds is 6. The second kappa shape index (κ2) is 8.75. The average molecular weight is 422 g/mol. The molecule has 0 aliphatic carbocycles. The van der Waals surface area contributed by atoms with E-state index < -0.39 is 0 Å². The van der Waals surface area contributed by atoms with Gasteiger partial charge in [-0.2, -0.15) is 5.10 Å². The summed E-state index contributed by atoms with van der Waals surface area (Å²) in [6, 6.07) is 16.9. The molecule has 0 bridgehead atoms. The third-order valence-corrected chi connectivity index (χ3v) is 4.52. The molecule has 4 aromatic rings. The van der Waals surface area contributed by atoms with Crippen molar-refractivity contribution in [1.82, 2.24) is 15.4 Å². The Kier molecular flexibility index (Phi) is 5.72. The van der Waals surface area contributed by atoms with Crippen molar-refractivity contribution in [1.29, 1.82) is 0 Å². The number of ether oxygens (including phenoxy) is 1. The second-order valence-corrected chi connectivity index (χ2v) is 6.72. The molecule has 2 N–H and O–H groups in total. The smallest absolute Gasteiger partial charge is 0.146 e. The van der Waals surface area contributed by atoms with Crippen LogP contribution in [0.3, 0.4) is 0 Å². The number of aromatic nitrogens is 2. The molecule has 0 aliphatic rings. The van der Waals surface area contributed by atoms with Gasteiger partial charge in [-0.15, -0.1) is 0 Å². The van der Waals surface area contributed by atoms with Crippen LogP contribution in [0.4, 0.5) is 15.9 Å². The molecule has 6 nitrogen and oxygen atoms in total. The molecule has 4 rings (SSSR count). The summed E-state index contributed by atoms with van der Waals surface area (Å²) in [7, 11) is 1.74. The van der Waals surface area contributed by atoms with Gasteiger partial charge >= 0.3 is 0 Å². The van der Waals surface area contributed by atoms with Crippen LogP contribution in [0.1, 0.15) is 5.56 Å². The number of nitrogens with zero attached hydrogens (tertiary/aromatic N) is 3. The fourth-order valence-corrected chi connectivity index (χ4v) is 3.07. The Bertz CT molecular complexity index is 1230. The highest BCUT2D eigenvalue weighted by atomic mass is 35.5. The van der Waals surface area contributed by atoms with Crippen molar-refractivity contribution in [2.45, 2.75) is 0 Å². The van der Waals surface area contributed by atoms with Crippen LogP contribution in [0.25, 0.3) is 10.9 Å². The molecular weight excluding hydrogens is 405 g/mol. The first-order valence-electron chi connectivity index (χ1n) is 9.07. The summed E-state index contributed by atoms with van der Waals surface area (Å²) in [5.74, 6) is 1.05. The molecule has 0 saturated carbocycles. The number of nitrogens with one attached hydrogen (secondary N) is 2. The first-order chi connectivity index (χ1) is 14.6. The maximum atomic E-state index is 13.4. The van der Waals surface area contributed by atoms with Crippen LogP contribution in [-0.2, 0) is 0 Å². The molecule has 0 aliphatic heterocycles. The fraction of sp³-hybridized carbons (Fsp3) is 0.0455. The van der Waals surface area contributed by atoms with Gasteiger partial charge in [-0.25, -0.2) is 14.4 Å². The van der Waals surface area contributed by atoms with Crippen LogP contribution in [-0.4, -0.2) is 23.2 Å². The van der Waals surface area contributed by atoms with Crippen molar-refractivity contribution in [3.8, 4) is 11.5 Å². The summed E-state index contributed by atoms with van der Waals surface area (Å²) >= 11 is 6.37. The monoisotopic (exact) mass is 421 g/mol. The van der Waals surface area contributed by atoms with Gasteiger partial charge in [0.2, 0.25) is 0 Å². The lowest BCUT2D eigenvalue weighted by atomic mass is 10.1. The highest BCUT2D eigenvalue weighted by molar-refractivity contribution is 6.32. The average Bonchev–Trinajstić information content (AvgIpc) is 2.74. The normalized spacial score (nSPS) is 11.0. The molecule has 0 fully saturated rings. The maximum Gasteiger partial charge on any atom is 0.146 e. The lowest BCUT2D eigenvalue weighted by Gasteiger charge is -2.12. The molecule has 0 spiro atoms. The highest BCUT2D eigenvalue weighted by Gasteiger charge is 2.09. The standard InChI is InChI=1S/C22H17ClFN5O/c1-25-28-12-14-5-7-20-18(9-14)22(27-13-26-20)29-16-6-8-21(19(23)11-16)30-17-4-2-3-15(24)10-17/h2-13,25H,1H3,(H,26,27,29). The number of hydrogen-bond donors (Lipinski definition) is 2. The third kappa shape index (κ3) is 4.47. The number of fused-ring (bicyclic) bond motifs is 1. The molecule has 8 heteroatoms. The number of anilines is 2. The van der Waals surface area contributed by atoms with Crippen molar-refractivity contribution in [2.75, 3.05) is 12.4 Å². The Morgan fingerprint density at radius 3 is 2.77 bits per heavy atom. The lowest BCUT2D eigenvalue weighted by molar-refractivity contribution is 0.477. The fourth-order valence-electron chi connectivity index (χ4n) is 2.85. The molecule has 0 radical (unpaired) electrons. The second-order valence-electron chi connectivity index (χ2n) is 6.31. The SMILES string of the molecule is CNN=Cc1ccc2ncnc(Nc3ccc(Oc4cccc(F)c4)c(Cl)c3)c2c1. The largest absolute Gasteiger partial charge is 0.456 e. The predicted octanol–water partition coefficient (Wildman–Crippen LogP) is 5.51. The summed E-state index contributed by atoms with van der Waals surface area (Å²) < 4.78 is 19.0.